The van der Waals surface area contributed by atoms with E-state index in [0.29, 0.717) is 12.5 Å². The van der Waals surface area contributed by atoms with Crippen molar-refractivity contribution < 1.29 is 9.47 Å². The molecule has 0 aliphatic carbocycles. The molecule has 3 heterocycles. The van der Waals surface area contributed by atoms with Gasteiger partial charge >= 0.3 is 0 Å². The number of nitrogens with one attached hydrogen (secondary N) is 1. The molecule has 0 saturated carbocycles. The van der Waals surface area contributed by atoms with E-state index in [9.17, 15) is 0 Å². The van der Waals surface area contributed by atoms with Crippen molar-refractivity contribution in [1.82, 2.24) is 15.0 Å². The van der Waals surface area contributed by atoms with Gasteiger partial charge in [0.15, 0.2) is 0 Å². The summed E-state index contributed by atoms with van der Waals surface area (Å²) >= 11 is 0. The van der Waals surface area contributed by atoms with E-state index in [1.807, 2.05) is 18.2 Å². The van der Waals surface area contributed by atoms with Crippen molar-refractivity contribution in [1.29, 1.82) is 0 Å². The van der Waals surface area contributed by atoms with Crippen LogP contribution in [0.15, 0.2) is 18.2 Å². The number of nitrogens with zero attached hydrogens (tertiary/aromatic N) is 5. The van der Waals surface area contributed by atoms with Gasteiger partial charge in [0, 0.05) is 38.8 Å². The molecule has 8 heteroatoms. The zero-order valence-electron chi connectivity index (χ0n) is 18.1. The third-order valence-corrected chi connectivity index (χ3v) is 5.75. The second-order valence-corrected chi connectivity index (χ2v) is 7.93. The van der Waals surface area contributed by atoms with E-state index in [0.717, 1.165) is 55.1 Å². The maximum atomic E-state index is 5.38. The highest BCUT2D eigenvalue weighted by molar-refractivity contribution is 5.47. The Morgan fingerprint density at radius 3 is 1.70 bits per heavy atom. The standard InChI is InChI=1S/C22H32N6O2/c1-29-18-13-17(14-19(15-18)30-2)16-23-20-24-21(27-9-5-3-6-10-27)26-22(25-20)28-11-7-4-8-12-28/h13-15H,3-12,16H2,1-2H3,(H,23,24,25,26). The largest absolute Gasteiger partial charge is 0.497 e. The molecule has 0 radical (unpaired) electrons. The molecule has 162 valence electrons. The van der Waals surface area contributed by atoms with E-state index in [2.05, 4.69) is 15.1 Å². The Morgan fingerprint density at radius 2 is 1.23 bits per heavy atom. The molecule has 0 unspecified atom stereocenters. The second kappa shape index (κ2) is 9.82. The first-order valence-corrected chi connectivity index (χ1v) is 11.0. The van der Waals surface area contributed by atoms with Gasteiger partial charge < -0.3 is 24.6 Å². The maximum Gasteiger partial charge on any atom is 0.231 e. The number of aromatic nitrogens is 3. The molecule has 2 aliphatic heterocycles. The zero-order chi connectivity index (χ0) is 20.8. The molecule has 30 heavy (non-hydrogen) atoms. The lowest BCUT2D eigenvalue weighted by Gasteiger charge is -2.30. The van der Waals surface area contributed by atoms with E-state index in [1.165, 1.54) is 38.5 Å². The third kappa shape index (κ3) is 5.04. The number of hydrogen-bond acceptors (Lipinski definition) is 8. The molecule has 0 amide bonds. The normalized spacial score (nSPS) is 17.0. The Morgan fingerprint density at radius 1 is 0.733 bits per heavy atom. The van der Waals surface area contributed by atoms with Crippen LogP contribution < -0.4 is 24.6 Å². The van der Waals surface area contributed by atoms with E-state index in [4.69, 9.17) is 24.4 Å². The van der Waals surface area contributed by atoms with Gasteiger partial charge in [-0.2, -0.15) is 15.0 Å². The van der Waals surface area contributed by atoms with Gasteiger partial charge in [0.25, 0.3) is 0 Å². The first kappa shape index (κ1) is 20.5. The van der Waals surface area contributed by atoms with Crippen molar-refractivity contribution in [2.75, 3.05) is 55.5 Å². The van der Waals surface area contributed by atoms with E-state index >= 15 is 0 Å². The topological polar surface area (TPSA) is 75.6 Å². The predicted molar refractivity (Wildman–Crippen MR) is 119 cm³/mol. The number of ether oxygens (including phenoxy) is 2. The molecule has 2 fully saturated rings. The van der Waals surface area contributed by atoms with Crippen molar-refractivity contribution >= 4 is 17.8 Å². The number of piperidine rings is 2. The van der Waals surface area contributed by atoms with Crippen molar-refractivity contribution in [2.24, 2.45) is 0 Å². The van der Waals surface area contributed by atoms with Crippen LogP contribution in [0.4, 0.5) is 17.8 Å². The van der Waals surface area contributed by atoms with Crippen molar-refractivity contribution in [3.63, 3.8) is 0 Å². The number of hydrogen-bond donors (Lipinski definition) is 1. The summed E-state index contributed by atoms with van der Waals surface area (Å²) in [5.41, 5.74) is 1.05. The number of benzene rings is 1. The Hall–Kier alpha value is -2.77. The lowest BCUT2D eigenvalue weighted by molar-refractivity contribution is 0.393. The third-order valence-electron chi connectivity index (χ3n) is 5.75. The van der Waals surface area contributed by atoms with Gasteiger partial charge in [-0.05, 0) is 56.2 Å². The number of methoxy groups -OCH3 is 2. The molecule has 1 N–H and O–H groups in total. The van der Waals surface area contributed by atoms with Gasteiger partial charge in [-0.25, -0.2) is 0 Å². The summed E-state index contributed by atoms with van der Waals surface area (Å²) in [7, 11) is 3.32. The fraction of sp³-hybridized carbons (Fsp3) is 0.591. The first-order valence-electron chi connectivity index (χ1n) is 11.0. The highest BCUT2D eigenvalue weighted by atomic mass is 16.5. The van der Waals surface area contributed by atoms with Crippen molar-refractivity contribution in [3.8, 4) is 11.5 Å². The van der Waals surface area contributed by atoms with Crippen LogP contribution >= 0.6 is 0 Å². The van der Waals surface area contributed by atoms with Crippen LogP contribution in [0.1, 0.15) is 44.1 Å². The smallest absolute Gasteiger partial charge is 0.231 e. The lowest BCUT2D eigenvalue weighted by Crippen LogP contribution is -2.34. The SMILES string of the molecule is COc1cc(CNc2nc(N3CCCCC3)nc(N3CCCCC3)n2)cc(OC)c1. The fourth-order valence-electron chi connectivity index (χ4n) is 4.05. The number of rotatable bonds is 7. The van der Waals surface area contributed by atoms with Gasteiger partial charge in [0.05, 0.1) is 14.2 Å². The summed E-state index contributed by atoms with van der Waals surface area (Å²) in [5.74, 6) is 3.73. The van der Waals surface area contributed by atoms with Gasteiger partial charge in [0.1, 0.15) is 11.5 Å². The molecular formula is C22H32N6O2. The molecule has 2 aliphatic rings. The van der Waals surface area contributed by atoms with Gasteiger partial charge in [-0.1, -0.05) is 0 Å². The molecule has 0 atom stereocenters. The average molecular weight is 413 g/mol. The molecule has 0 bridgehead atoms. The van der Waals surface area contributed by atoms with Gasteiger partial charge in [-0.3, -0.25) is 0 Å². The van der Waals surface area contributed by atoms with E-state index in [-0.39, 0.29) is 0 Å². The van der Waals surface area contributed by atoms with Crippen LogP contribution in [-0.2, 0) is 6.54 Å². The molecule has 1 aromatic carbocycles. The minimum atomic E-state index is 0.580. The van der Waals surface area contributed by atoms with Gasteiger partial charge in [0.2, 0.25) is 17.8 Å². The zero-order valence-corrected chi connectivity index (χ0v) is 18.1. The molecule has 2 aromatic rings. The van der Waals surface area contributed by atoms with Crippen molar-refractivity contribution in [2.45, 2.75) is 45.1 Å². The summed E-state index contributed by atoms with van der Waals surface area (Å²) in [6, 6.07) is 5.86. The van der Waals surface area contributed by atoms with Crippen LogP contribution in [0, 0.1) is 0 Å². The molecule has 8 nitrogen and oxygen atoms in total. The molecule has 0 spiro atoms. The molecular weight excluding hydrogens is 380 g/mol. The summed E-state index contributed by atoms with van der Waals surface area (Å²) in [6.45, 7) is 4.62. The Bertz CT molecular complexity index is 776. The van der Waals surface area contributed by atoms with Crippen LogP contribution in [0.2, 0.25) is 0 Å². The van der Waals surface area contributed by atoms with Crippen molar-refractivity contribution in [3.05, 3.63) is 23.8 Å². The second-order valence-electron chi connectivity index (χ2n) is 7.93. The highest BCUT2D eigenvalue weighted by Gasteiger charge is 2.20. The van der Waals surface area contributed by atoms with Gasteiger partial charge in [-0.15, -0.1) is 0 Å². The minimum absolute atomic E-state index is 0.580. The molecule has 1 aromatic heterocycles. The van der Waals surface area contributed by atoms with Crippen LogP contribution in [-0.4, -0.2) is 55.4 Å². The van der Waals surface area contributed by atoms with Crippen LogP contribution in [0.25, 0.3) is 0 Å². The summed E-state index contributed by atoms with van der Waals surface area (Å²) in [4.78, 5) is 18.9. The quantitative estimate of drug-likeness (QED) is 0.741. The minimum Gasteiger partial charge on any atom is -0.497 e. The Labute approximate surface area is 178 Å². The Balaban J connectivity index is 1.56. The van der Waals surface area contributed by atoms with E-state index < -0.39 is 0 Å². The number of anilines is 3. The van der Waals surface area contributed by atoms with E-state index in [1.54, 1.807) is 14.2 Å². The summed E-state index contributed by atoms with van der Waals surface area (Å²) < 4.78 is 10.8. The van der Waals surface area contributed by atoms with Crippen LogP contribution in [0.5, 0.6) is 11.5 Å². The summed E-state index contributed by atoms with van der Waals surface area (Å²) in [5, 5.41) is 3.40. The summed E-state index contributed by atoms with van der Waals surface area (Å²) in [6.07, 6.45) is 7.33. The monoisotopic (exact) mass is 412 g/mol. The lowest BCUT2D eigenvalue weighted by atomic mass is 10.1. The Kier molecular flexibility index (Phi) is 6.71. The first-order chi connectivity index (χ1) is 14.7. The highest BCUT2D eigenvalue weighted by Crippen LogP contribution is 2.25. The molecule has 4 rings (SSSR count). The van der Waals surface area contributed by atoms with Crippen LogP contribution in [0.3, 0.4) is 0 Å². The molecule has 2 saturated heterocycles. The predicted octanol–water partition coefficient (Wildman–Crippen LogP) is 3.48. The fourth-order valence-corrected chi connectivity index (χ4v) is 4.05. The average Bonchev–Trinajstić information content (AvgIpc) is 2.83. The maximum absolute atomic E-state index is 5.38.